The van der Waals surface area contributed by atoms with Gasteiger partial charge in [0.2, 0.25) is 11.8 Å². The molecule has 5 heteroatoms. The van der Waals surface area contributed by atoms with Crippen LogP contribution in [0.2, 0.25) is 0 Å². The molecule has 2 aliphatic heterocycles. The van der Waals surface area contributed by atoms with E-state index < -0.39 is 0 Å². The number of hydrogen-bond donors (Lipinski definition) is 0. The van der Waals surface area contributed by atoms with E-state index >= 15 is 0 Å². The largest absolute Gasteiger partial charge is 0.378 e. The van der Waals surface area contributed by atoms with Crippen molar-refractivity contribution in [1.29, 1.82) is 0 Å². The van der Waals surface area contributed by atoms with Crippen LogP contribution in [0.5, 0.6) is 0 Å². The highest BCUT2D eigenvalue weighted by atomic mass is 16.5. The van der Waals surface area contributed by atoms with E-state index in [1.165, 1.54) is 6.08 Å². The predicted molar refractivity (Wildman–Crippen MR) is 66.9 cm³/mol. The summed E-state index contributed by atoms with van der Waals surface area (Å²) in [7, 11) is 0. The van der Waals surface area contributed by atoms with Crippen LogP contribution in [0.25, 0.3) is 0 Å². The highest BCUT2D eigenvalue weighted by Crippen LogP contribution is 2.19. The van der Waals surface area contributed by atoms with Crippen LogP contribution in [0.4, 0.5) is 0 Å². The Morgan fingerprint density at radius 3 is 2.56 bits per heavy atom. The lowest BCUT2D eigenvalue weighted by molar-refractivity contribution is -0.143. The summed E-state index contributed by atoms with van der Waals surface area (Å²) < 4.78 is 5.24. The third kappa shape index (κ3) is 2.90. The number of carbonyl (C=O) groups excluding carboxylic acids is 2. The first-order valence-electron chi connectivity index (χ1n) is 6.50. The van der Waals surface area contributed by atoms with E-state index in [0.717, 1.165) is 19.4 Å². The number of carbonyl (C=O) groups is 2. The second kappa shape index (κ2) is 6.00. The molecule has 0 aromatic rings. The van der Waals surface area contributed by atoms with Crippen molar-refractivity contribution in [3.05, 3.63) is 12.7 Å². The zero-order valence-electron chi connectivity index (χ0n) is 10.6. The summed E-state index contributed by atoms with van der Waals surface area (Å²) in [5, 5.41) is 0. The quantitative estimate of drug-likeness (QED) is 0.663. The number of morpholine rings is 1. The zero-order valence-corrected chi connectivity index (χ0v) is 10.6. The van der Waals surface area contributed by atoms with Gasteiger partial charge in [-0.1, -0.05) is 6.58 Å². The van der Waals surface area contributed by atoms with Crippen molar-refractivity contribution in [2.75, 3.05) is 39.4 Å². The van der Waals surface area contributed by atoms with E-state index in [0.29, 0.717) is 32.8 Å². The lowest BCUT2D eigenvalue weighted by Gasteiger charge is -2.35. The molecule has 100 valence electrons. The molecule has 1 unspecified atom stereocenters. The third-order valence-electron chi connectivity index (χ3n) is 3.58. The Kier molecular flexibility index (Phi) is 4.36. The maximum absolute atomic E-state index is 12.3. The normalized spacial score (nSPS) is 24.8. The highest BCUT2D eigenvalue weighted by molar-refractivity contribution is 5.88. The van der Waals surface area contributed by atoms with Gasteiger partial charge in [-0.2, -0.15) is 0 Å². The fraction of sp³-hybridized carbons (Fsp3) is 0.692. The second-order valence-electron chi connectivity index (χ2n) is 4.77. The Labute approximate surface area is 107 Å². The zero-order chi connectivity index (χ0) is 13.0. The molecule has 2 fully saturated rings. The Hall–Kier alpha value is -1.36. The first-order chi connectivity index (χ1) is 8.72. The number of ether oxygens (including phenoxy) is 1. The van der Waals surface area contributed by atoms with E-state index in [4.69, 9.17) is 4.74 Å². The molecule has 2 saturated heterocycles. The standard InChI is InChI=1S/C13H20N2O3/c1-2-12(16)15-5-3-4-11(10-15)13(17)14-6-8-18-9-7-14/h2,11H,1,3-10H2. The summed E-state index contributed by atoms with van der Waals surface area (Å²) >= 11 is 0. The number of likely N-dealkylation sites (tertiary alicyclic amines) is 1. The van der Waals surface area contributed by atoms with Gasteiger partial charge in [0.15, 0.2) is 0 Å². The minimum absolute atomic E-state index is 0.0549. The molecular formula is C13H20N2O3. The average Bonchev–Trinajstić information content (AvgIpc) is 2.46. The topological polar surface area (TPSA) is 49.9 Å². The molecule has 1 atom stereocenters. The van der Waals surface area contributed by atoms with Crippen LogP contribution < -0.4 is 0 Å². The van der Waals surface area contributed by atoms with Crippen molar-refractivity contribution in [3.63, 3.8) is 0 Å². The number of amides is 2. The first kappa shape index (κ1) is 13.1. The van der Waals surface area contributed by atoms with Gasteiger partial charge in [-0.25, -0.2) is 0 Å². The molecule has 0 bridgehead atoms. The van der Waals surface area contributed by atoms with Gasteiger partial charge in [0.05, 0.1) is 19.1 Å². The second-order valence-corrected chi connectivity index (χ2v) is 4.77. The molecule has 5 nitrogen and oxygen atoms in total. The lowest BCUT2D eigenvalue weighted by atomic mass is 9.96. The number of rotatable bonds is 2. The maximum atomic E-state index is 12.3. The summed E-state index contributed by atoms with van der Waals surface area (Å²) in [5.41, 5.74) is 0. The molecule has 18 heavy (non-hydrogen) atoms. The van der Waals surface area contributed by atoms with Crippen LogP contribution in [-0.4, -0.2) is 61.0 Å². The van der Waals surface area contributed by atoms with Crippen molar-refractivity contribution < 1.29 is 14.3 Å². The van der Waals surface area contributed by atoms with E-state index in [-0.39, 0.29) is 17.7 Å². The molecule has 2 aliphatic rings. The van der Waals surface area contributed by atoms with Crippen LogP contribution in [-0.2, 0) is 14.3 Å². The summed E-state index contributed by atoms with van der Waals surface area (Å²) in [6, 6.07) is 0. The van der Waals surface area contributed by atoms with Gasteiger partial charge in [-0.05, 0) is 18.9 Å². The average molecular weight is 252 g/mol. The molecule has 0 radical (unpaired) electrons. The molecule has 0 aromatic carbocycles. The number of nitrogens with zero attached hydrogens (tertiary/aromatic N) is 2. The van der Waals surface area contributed by atoms with Gasteiger partial charge in [0.25, 0.3) is 0 Å². The highest BCUT2D eigenvalue weighted by Gasteiger charge is 2.31. The molecule has 0 aromatic heterocycles. The minimum Gasteiger partial charge on any atom is -0.378 e. The Balaban J connectivity index is 1.93. The van der Waals surface area contributed by atoms with Gasteiger partial charge in [-0.3, -0.25) is 9.59 Å². The van der Waals surface area contributed by atoms with Crippen molar-refractivity contribution in [1.82, 2.24) is 9.80 Å². The van der Waals surface area contributed by atoms with E-state index in [1.54, 1.807) is 4.90 Å². The van der Waals surface area contributed by atoms with Crippen LogP contribution in [0.3, 0.4) is 0 Å². The van der Waals surface area contributed by atoms with E-state index in [1.807, 2.05) is 4.90 Å². The van der Waals surface area contributed by atoms with Gasteiger partial charge < -0.3 is 14.5 Å². The van der Waals surface area contributed by atoms with Crippen molar-refractivity contribution in [2.45, 2.75) is 12.8 Å². The molecule has 0 aliphatic carbocycles. The SMILES string of the molecule is C=CC(=O)N1CCCC(C(=O)N2CCOCC2)C1. The Morgan fingerprint density at radius 2 is 1.89 bits per heavy atom. The first-order valence-corrected chi connectivity index (χ1v) is 6.50. The minimum atomic E-state index is -0.0746. The smallest absolute Gasteiger partial charge is 0.245 e. The molecule has 2 rings (SSSR count). The van der Waals surface area contributed by atoms with E-state index in [9.17, 15) is 9.59 Å². The molecule has 2 heterocycles. The monoisotopic (exact) mass is 252 g/mol. The summed E-state index contributed by atoms with van der Waals surface area (Å²) in [6.07, 6.45) is 3.08. The lowest BCUT2D eigenvalue weighted by Crippen LogP contribution is -2.49. The molecule has 2 amide bonds. The van der Waals surface area contributed by atoms with Gasteiger partial charge in [-0.15, -0.1) is 0 Å². The maximum Gasteiger partial charge on any atom is 0.245 e. The summed E-state index contributed by atoms with van der Waals surface area (Å²) in [4.78, 5) is 27.5. The third-order valence-corrected chi connectivity index (χ3v) is 3.58. The van der Waals surface area contributed by atoms with Crippen LogP contribution in [0.1, 0.15) is 12.8 Å². The molecule has 0 spiro atoms. The van der Waals surface area contributed by atoms with Crippen molar-refractivity contribution in [2.24, 2.45) is 5.92 Å². The number of hydrogen-bond acceptors (Lipinski definition) is 3. The van der Waals surface area contributed by atoms with E-state index in [2.05, 4.69) is 6.58 Å². The Bertz CT molecular complexity index is 337. The predicted octanol–water partition coefficient (Wildman–Crippen LogP) is 0.270. The van der Waals surface area contributed by atoms with Crippen LogP contribution >= 0.6 is 0 Å². The molecular weight excluding hydrogens is 232 g/mol. The van der Waals surface area contributed by atoms with Crippen molar-refractivity contribution >= 4 is 11.8 Å². The fourth-order valence-corrected chi connectivity index (χ4v) is 2.55. The van der Waals surface area contributed by atoms with Crippen LogP contribution in [0.15, 0.2) is 12.7 Å². The fourth-order valence-electron chi connectivity index (χ4n) is 2.55. The summed E-state index contributed by atoms with van der Waals surface area (Å²) in [6.45, 7) is 7.34. The number of piperidine rings is 1. The van der Waals surface area contributed by atoms with Gasteiger partial charge >= 0.3 is 0 Å². The molecule has 0 saturated carbocycles. The van der Waals surface area contributed by atoms with Crippen molar-refractivity contribution in [3.8, 4) is 0 Å². The van der Waals surface area contributed by atoms with Gasteiger partial charge in [0, 0.05) is 26.2 Å². The van der Waals surface area contributed by atoms with Gasteiger partial charge in [0.1, 0.15) is 0 Å². The summed E-state index contributed by atoms with van der Waals surface area (Å²) in [5.74, 6) is 0.0371. The van der Waals surface area contributed by atoms with Crippen LogP contribution in [0, 0.1) is 5.92 Å². The Morgan fingerprint density at radius 1 is 1.17 bits per heavy atom. The molecule has 0 N–H and O–H groups in total.